The molecule has 17 heavy (non-hydrogen) atoms. The zero-order chi connectivity index (χ0) is 11.8. The van der Waals surface area contributed by atoms with Crippen LogP contribution >= 0.6 is 0 Å². The zero-order valence-electron chi connectivity index (χ0n) is 10.3. The Morgan fingerprint density at radius 3 is 2.53 bits per heavy atom. The van der Waals surface area contributed by atoms with Crippen LogP contribution in [0.3, 0.4) is 0 Å². The number of nitrogens with two attached hydrogens (primary N) is 1. The Morgan fingerprint density at radius 1 is 1.12 bits per heavy atom. The Kier molecular flexibility index (Phi) is 2.64. The lowest BCUT2D eigenvalue weighted by atomic mass is 9.94. The fourth-order valence-corrected chi connectivity index (χ4v) is 2.64. The van der Waals surface area contributed by atoms with E-state index >= 15 is 0 Å². The van der Waals surface area contributed by atoms with Gasteiger partial charge in [0.05, 0.1) is 0 Å². The number of rotatable bonds is 3. The van der Waals surface area contributed by atoms with Gasteiger partial charge >= 0.3 is 0 Å². The monoisotopic (exact) mass is 225 g/mol. The zero-order valence-corrected chi connectivity index (χ0v) is 10.3. The molecule has 0 saturated heterocycles. The van der Waals surface area contributed by atoms with Gasteiger partial charge in [0.15, 0.2) is 0 Å². The Bertz CT molecular complexity index is 540. The van der Waals surface area contributed by atoms with Crippen LogP contribution in [0.1, 0.15) is 36.4 Å². The minimum Gasteiger partial charge on any atom is -0.324 e. The average molecular weight is 225 g/mol. The lowest BCUT2D eigenvalue weighted by molar-refractivity contribution is 0.600. The van der Waals surface area contributed by atoms with Crippen molar-refractivity contribution in [2.45, 2.75) is 32.2 Å². The van der Waals surface area contributed by atoms with E-state index in [1.54, 1.807) is 0 Å². The predicted octanol–water partition coefficient (Wildman–Crippen LogP) is 3.95. The van der Waals surface area contributed by atoms with Crippen molar-refractivity contribution in [3.63, 3.8) is 0 Å². The molecule has 2 aromatic rings. The van der Waals surface area contributed by atoms with E-state index in [0.717, 1.165) is 12.3 Å². The summed E-state index contributed by atoms with van der Waals surface area (Å²) in [6.07, 6.45) is 3.89. The molecule has 1 heteroatoms. The molecule has 88 valence electrons. The third kappa shape index (κ3) is 2.07. The first-order valence-corrected chi connectivity index (χ1v) is 6.49. The highest BCUT2D eigenvalue weighted by molar-refractivity contribution is 5.88. The van der Waals surface area contributed by atoms with Gasteiger partial charge in [-0.1, -0.05) is 49.2 Å². The molecule has 0 spiro atoms. The molecular formula is C16H19N. The summed E-state index contributed by atoms with van der Waals surface area (Å²) in [7, 11) is 0. The van der Waals surface area contributed by atoms with E-state index in [9.17, 15) is 0 Å². The fraction of sp³-hybridized carbons (Fsp3) is 0.375. The van der Waals surface area contributed by atoms with Gasteiger partial charge in [0.1, 0.15) is 0 Å². The fourth-order valence-electron chi connectivity index (χ4n) is 2.64. The molecule has 0 aliphatic heterocycles. The maximum absolute atomic E-state index is 6.35. The van der Waals surface area contributed by atoms with Crippen LogP contribution in [0.2, 0.25) is 0 Å². The van der Waals surface area contributed by atoms with Crippen molar-refractivity contribution < 1.29 is 0 Å². The van der Waals surface area contributed by atoms with Crippen LogP contribution in [-0.4, -0.2) is 0 Å². The summed E-state index contributed by atoms with van der Waals surface area (Å²) in [4.78, 5) is 0. The van der Waals surface area contributed by atoms with Crippen molar-refractivity contribution in [1.82, 2.24) is 0 Å². The standard InChI is InChI=1S/C16H19N/c1-11-6-9-15(16(17)10-12-7-8-12)14-5-3-2-4-13(11)14/h2-6,9,12,16H,7-8,10,17H2,1H3/t16-/m0/s1. The second-order valence-corrected chi connectivity index (χ2v) is 5.30. The van der Waals surface area contributed by atoms with E-state index in [0.29, 0.717) is 0 Å². The van der Waals surface area contributed by atoms with Crippen LogP contribution in [-0.2, 0) is 0 Å². The van der Waals surface area contributed by atoms with Crippen LogP contribution < -0.4 is 5.73 Å². The lowest BCUT2D eigenvalue weighted by Gasteiger charge is -2.15. The first-order valence-electron chi connectivity index (χ1n) is 6.49. The number of aryl methyl sites for hydroxylation is 1. The normalized spacial score (nSPS) is 17.3. The van der Waals surface area contributed by atoms with Crippen molar-refractivity contribution in [2.75, 3.05) is 0 Å². The molecule has 1 aliphatic carbocycles. The maximum Gasteiger partial charge on any atom is 0.0303 e. The van der Waals surface area contributed by atoms with E-state index in [-0.39, 0.29) is 6.04 Å². The van der Waals surface area contributed by atoms with Gasteiger partial charge in [0.25, 0.3) is 0 Å². The third-order valence-corrected chi connectivity index (χ3v) is 3.86. The first kappa shape index (κ1) is 10.8. The van der Waals surface area contributed by atoms with Gasteiger partial charge in [0, 0.05) is 6.04 Å². The molecule has 0 heterocycles. The average Bonchev–Trinajstić information content (AvgIpc) is 3.14. The summed E-state index contributed by atoms with van der Waals surface area (Å²) in [5.74, 6) is 0.880. The van der Waals surface area contributed by atoms with Gasteiger partial charge in [-0.2, -0.15) is 0 Å². The first-order chi connectivity index (χ1) is 8.25. The summed E-state index contributed by atoms with van der Waals surface area (Å²) in [6, 6.07) is 13.2. The Labute approximate surface area is 103 Å². The Hall–Kier alpha value is -1.34. The molecule has 1 aliphatic rings. The number of benzene rings is 2. The van der Waals surface area contributed by atoms with E-state index in [2.05, 4.69) is 43.3 Å². The van der Waals surface area contributed by atoms with Gasteiger partial charge < -0.3 is 5.73 Å². The molecule has 1 nitrogen and oxygen atoms in total. The second-order valence-electron chi connectivity index (χ2n) is 5.30. The summed E-state index contributed by atoms with van der Waals surface area (Å²) in [5.41, 5.74) is 9.01. The number of hydrogen-bond acceptors (Lipinski definition) is 1. The molecule has 2 aromatic carbocycles. The number of fused-ring (bicyclic) bond motifs is 1. The van der Waals surface area contributed by atoms with E-state index in [1.807, 2.05) is 0 Å². The van der Waals surface area contributed by atoms with Crippen LogP contribution in [0.5, 0.6) is 0 Å². The quantitative estimate of drug-likeness (QED) is 0.841. The largest absolute Gasteiger partial charge is 0.324 e. The van der Waals surface area contributed by atoms with Crippen molar-refractivity contribution in [3.05, 3.63) is 47.5 Å². The molecule has 0 aromatic heterocycles. The minimum absolute atomic E-state index is 0.202. The van der Waals surface area contributed by atoms with Gasteiger partial charge in [-0.3, -0.25) is 0 Å². The third-order valence-electron chi connectivity index (χ3n) is 3.86. The Balaban J connectivity index is 2.05. The molecule has 1 fully saturated rings. The van der Waals surface area contributed by atoms with E-state index in [4.69, 9.17) is 5.73 Å². The highest BCUT2D eigenvalue weighted by Crippen LogP contribution is 2.38. The number of hydrogen-bond donors (Lipinski definition) is 1. The highest BCUT2D eigenvalue weighted by atomic mass is 14.6. The molecule has 0 radical (unpaired) electrons. The molecule has 1 saturated carbocycles. The van der Waals surface area contributed by atoms with Crippen molar-refractivity contribution in [1.29, 1.82) is 0 Å². The van der Waals surface area contributed by atoms with Crippen molar-refractivity contribution in [2.24, 2.45) is 11.7 Å². The van der Waals surface area contributed by atoms with Crippen molar-refractivity contribution in [3.8, 4) is 0 Å². The van der Waals surface area contributed by atoms with Crippen LogP contribution in [0.15, 0.2) is 36.4 Å². The maximum atomic E-state index is 6.35. The van der Waals surface area contributed by atoms with Gasteiger partial charge in [-0.15, -0.1) is 0 Å². The molecule has 0 unspecified atom stereocenters. The predicted molar refractivity (Wildman–Crippen MR) is 73.0 cm³/mol. The molecule has 3 rings (SSSR count). The minimum atomic E-state index is 0.202. The van der Waals surface area contributed by atoms with E-state index in [1.165, 1.54) is 34.7 Å². The molecule has 2 N–H and O–H groups in total. The highest BCUT2D eigenvalue weighted by Gasteiger charge is 2.25. The van der Waals surface area contributed by atoms with Gasteiger partial charge in [-0.05, 0) is 41.2 Å². The summed E-state index contributed by atoms with van der Waals surface area (Å²) in [5, 5.41) is 2.68. The van der Waals surface area contributed by atoms with Crippen LogP contribution in [0.4, 0.5) is 0 Å². The van der Waals surface area contributed by atoms with Crippen LogP contribution in [0, 0.1) is 12.8 Å². The summed E-state index contributed by atoms with van der Waals surface area (Å²) >= 11 is 0. The molecule has 1 atom stereocenters. The van der Waals surface area contributed by atoms with E-state index < -0.39 is 0 Å². The summed E-state index contributed by atoms with van der Waals surface area (Å²) < 4.78 is 0. The second kappa shape index (κ2) is 4.15. The molecule has 0 bridgehead atoms. The molecule has 0 amide bonds. The van der Waals surface area contributed by atoms with Gasteiger partial charge in [-0.25, -0.2) is 0 Å². The van der Waals surface area contributed by atoms with Crippen LogP contribution in [0.25, 0.3) is 10.8 Å². The SMILES string of the molecule is Cc1ccc([C@@H](N)CC2CC2)c2ccccc12. The summed E-state index contributed by atoms with van der Waals surface area (Å²) in [6.45, 7) is 2.17. The van der Waals surface area contributed by atoms with Crippen molar-refractivity contribution >= 4 is 10.8 Å². The topological polar surface area (TPSA) is 26.0 Å². The lowest BCUT2D eigenvalue weighted by Crippen LogP contribution is -2.11. The van der Waals surface area contributed by atoms with Gasteiger partial charge in [0.2, 0.25) is 0 Å². The Morgan fingerprint density at radius 2 is 1.82 bits per heavy atom. The molecular weight excluding hydrogens is 206 g/mol. The smallest absolute Gasteiger partial charge is 0.0303 e.